The summed E-state index contributed by atoms with van der Waals surface area (Å²) in [7, 11) is -5.07. The van der Waals surface area contributed by atoms with E-state index in [1.54, 1.807) is 4.57 Å². The molecule has 2 aromatic rings. The number of hydrogen-bond acceptors (Lipinski definition) is 18. The number of aromatic nitrogens is 2. The molecular weight excluding hydrogens is 1180 g/mol. The summed E-state index contributed by atoms with van der Waals surface area (Å²) < 4.78 is 32.3. The van der Waals surface area contributed by atoms with Crippen molar-refractivity contribution in [2.75, 3.05) is 13.2 Å². The second-order valence-electron chi connectivity index (χ2n) is 27.1. The number of ether oxygens (including phenoxy) is 1. The van der Waals surface area contributed by atoms with Crippen LogP contribution in [0.3, 0.4) is 0 Å². The monoisotopic (exact) mass is 1270 g/mol. The van der Waals surface area contributed by atoms with Gasteiger partial charge in [0.05, 0.1) is 41.7 Å². The van der Waals surface area contributed by atoms with Gasteiger partial charge in [-0.3, -0.25) is 57.6 Å². The van der Waals surface area contributed by atoms with Gasteiger partial charge in [-0.2, -0.15) is 0 Å². The molecule has 0 radical (unpaired) electrons. The molecule has 7 amide bonds. The van der Waals surface area contributed by atoms with Crippen LogP contribution in [0.1, 0.15) is 150 Å². The van der Waals surface area contributed by atoms with Crippen LogP contribution in [0.4, 0.5) is 0 Å². The fourth-order valence-corrected chi connectivity index (χ4v) is 16.6. The minimum absolute atomic E-state index is 0.0114. The molecule has 0 spiro atoms. The van der Waals surface area contributed by atoms with Crippen molar-refractivity contribution in [2.24, 2.45) is 94.7 Å². The van der Waals surface area contributed by atoms with Crippen molar-refractivity contribution in [3.8, 4) is 0 Å². The van der Waals surface area contributed by atoms with E-state index in [0.717, 1.165) is 11.1 Å². The number of amides is 7. The number of nitrogens with zero attached hydrogens (tertiary/aromatic N) is 5. The molecule has 90 heavy (non-hydrogen) atoms. The number of phosphoric ester groups is 1. The molecule has 1 aromatic carbocycles. The molecule has 6 aliphatic heterocycles. The molecule has 2 saturated heterocycles. The number of hydrogen-bond donors (Lipinski definition) is 11. The zero-order chi connectivity index (χ0) is 66.7. The van der Waals surface area contributed by atoms with Crippen LogP contribution in [0.5, 0.6) is 0 Å². The van der Waals surface area contributed by atoms with Gasteiger partial charge in [0.25, 0.3) is 0 Å². The summed E-state index contributed by atoms with van der Waals surface area (Å²) in [6.45, 7) is 19.3. The zero-order valence-corrected chi connectivity index (χ0v) is 54.1. The Bertz CT molecular complexity index is 3540. The molecule has 15 atom stereocenters. The topological polar surface area (TPSA) is 460 Å². The van der Waals surface area contributed by atoms with E-state index in [4.69, 9.17) is 63.2 Å². The number of phosphoric acid groups is 1. The van der Waals surface area contributed by atoms with Gasteiger partial charge in [-0.15, -0.1) is 0 Å². The van der Waals surface area contributed by atoms with Gasteiger partial charge in [0.1, 0.15) is 18.3 Å². The Morgan fingerprint density at radius 2 is 1.40 bits per heavy atom. The highest BCUT2D eigenvalue weighted by molar-refractivity contribution is 7.47. The van der Waals surface area contributed by atoms with E-state index in [2.05, 4.69) is 15.6 Å². The predicted octanol–water partition coefficient (Wildman–Crippen LogP) is 3.16. The number of benzene rings is 1. The number of fused-ring (bicyclic) bond motifs is 7. The van der Waals surface area contributed by atoms with Crippen molar-refractivity contribution in [3.05, 3.63) is 63.9 Å². The Balaban J connectivity index is 1.19. The summed E-state index contributed by atoms with van der Waals surface area (Å²) in [6.07, 6.45) is -4.26. The van der Waals surface area contributed by atoms with Crippen LogP contribution in [0.25, 0.3) is 11.0 Å². The van der Waals surface area contributed by atoms with Crippen LogP contribution < -0.4 is 45.0 Å². The van der Waals surface area contributed by atoms with Gasteiger partial charge in [-0.05, 0) is 108 Å². The van der Waals surface area contributed by atoms with Crippen molar-refractivity contribution >= 4 is 77.3 Å². The van der Waals surface area contributed by atoms with Gasteiger partial charge < -0.3 is 69.4 Å². The number of carbonyl (C=O) groups excluding carboxylic acids is 7. The highest BCUT2D eigenvalue weighted by atomic mass is 31.2. The summed E-state index contributed by atoms with van der Waals surface area (Å²) >= 11 is 0. The number of allylic oxidation sites excluding steroid dienone is 6. The van der Waals surface area contributed by atoms with Crippen LogP contribution in [-0.2, 0) is 51.9 Å². The Labute approximate surface area is 523 Å². The Hall–Kier alpha value is -7.00. The third-order valence-electron chi connectivity index (χ3n) is 20.6. The molecule has 28 heteroatoms. The molecule has 2 unspecified atom stereocenters. The van der Waals surface area contributed by atoms with Crippen LogP contribution in [0, 0.1) is 59.2 Å². The van der Waals surface area contributed by atoms with Crippen molar-refractivity contribution < 1.29 is 67.0 Å². The molecule has 27 nitrogen and oxygen atoms in total. The third kappa shape index (κ3) is 13.0. The molecule has 7 heterocycles. The number of imidazole rings is 1. The van der Waals surface area contributed by atoms with Crippen molar-refractivity contribution in [1.82, 2.24) is 20.2 Å². The first-order valence-electron chi connectivity index (χ1n) is 30.6. The third-order valence-corrected chi connectivity index (χ3v) is 21.7. The minimum atomic E-state index is -5.07. The lowest BCUT2D eigenvalue weighted by molar-refractivity contribution is -0.124. The lowest BCUT2D eigenvalue weighted by Crippen LogP contribution is -2.56. The van der Waals surface area contributed by atoms with Gasteiger partial charge in [0.15, 0.2) is 6.23 Å². The van der Waals surface area contributed by atoms with E-state index >= 15 is 0 Å². The van der Waals surface area contributed by atoms with Gasteiger partial charge in [-0.25, -0.2) is 9.55 Å². The Morgan fingerprint density at radius 3 is 1.99 bits per heavy atom. The predicted molar refractivity (Wildman–Crippen MR) is 334 cm³/mol. The Kier molecular flexibility index (Phi) is 19.6. The largest absolute Gasteiger partial charge is 0.472 e. The molecule has 1 aromatic heterocycles. The number of aryl methyl sites for hydroxylation is 2. The lowest BCUT2D eigenvalue weighted by Gasteiger charge is -2.48. The van der Waals surface area contributed by atoms with Gasteiger partial charge in [0, 0.05) is 131 Å². The number of primary amides is 6. The van der Waals surface area contributed by atoms with Crippen molar-refractivity contribution in [3.63, 3.8) is 0 Å². The number of rotatable bonds is 26. The van der Waals surface area contributed by atoms with Crippen LogP contribution in [-0.4, -0.2) is 132 Å². The normalized spacial score (nSPS) is 32.8. The molecule has 0 saturated carbocycles. The number of aliphatic hydroxyl groups is 2. The van der Waals surface area contributed by atoms with Gasteiger partial charge in [0.2, 0.25) is 41.4 Å². The van der Waals surface area contributed by atoms with Gasteiger partial charge in [-0.1, -0.05) is 34.6 Å². The van der Waals surface area contributed by atoms with Crippen molar-refractivity contribution in [1.29, 1.82) is 0 Å². The standard InChI is InChI=1S/C62H90N13O14P/c1-29-20-39-40(21-30(29)2)75(28-70-39)57-52(84)53(41(27-76)87-57)89-90(85,86)88-31(3)26-69-49(83)18-19-59(8)37(22-46(66)80)56-62(11)61(10,25-48(68)82)36(14-17-45(65)79)51(74-62)33(5)55-60(9,24-47(67)81)34(12-15-43(63)77)38(71-55)23-42-58(6,7)35(13-16-44(64)78)50(72-42)32(4)54(59)73-56/h20-21,23,28,31,34-37,41,52-53,56-57,71,76,84H,12-19,22,24-27H2,1-11H3,(H2,63,77)(H2,64,78)(H2,65,79)(H2,66,80)(H2,67,81)(H2,68,82)(H,69,83)(H,85,86)/b38-23?,50-32-,55-33?/t31?,34-,35-,36-,37+,41-,52-,53-,56-,57+,59-,60+,61+,62+/m1/s1. The second-order valence-corrected chi connectivity index (χ2v) is 28.4. The number of carbonyl (C=O) groups is 7. The first-order valence-corrected chi connectivity index (χ1v) is 32.1. The molecule has 0 aliphatic carbocycles. The fourth-order valence-electron chi connectivity index (χ4n) is 15.4. The zero-order valence-electron chi connectivity index (χ0n) is 53.3. The number of nitrogens with one attached hydrogen (secondary N) is 2. The van der Waals surface area contributed by atoms with E-state index in [9.17, 15) is 53.2 Å². The number of nitrogens with two attached hydrogens (primary N) is 6. The smallest absolute Gasteiger partial charge is 0.394 e. The summed E-state index contributed by atoms with van der Waals surface area (Å²) in [6, 6.07) is 2.70. The average molecular weight is 1270 g/mol. The van der Waals surface area contributed by atoms with E-state index in [1.165, 1.54) is 13.3 Å². The molecular formula is C62H90N13O14P. The van der Waals surface area contributed by atoms with Crippen LogP contribution in [0.15, 0.2) is 67.8 Å². The molecule has 17 N–H and O–H groups in total. The highest BCUT2D eigenvalue weighted by Crippen LogP contribution is 2.63. The minimum Gasteiger partial charge on any atom is -0.394 e. The van der Waals surface area contributed by atoms with Crippen LogP contribution in [0.2, 0.25) is 0 Å². The Morgan fingerprint density at radius 1 is 0.800 bits per heavy atom. The molecule has 492 valence electrons. The van der Waals surface area contributed by atoms with E-state index in [0.29, 0.717) is 56.4 Å². The molecule has 8 rings (SSSR count). The molecule has 2 fully saturated rings. The maximum atomic E-state index is 14.4. The van der Waals surface area contributed by atoms with E-state index in [-0.39, 0.29) is 77.2 Å². The SMILES string of the molecule is CC1=C2NC(=CC3=N/C(=C(/C)C4=N[C@H]([C@H](CC(N)=O)[C@@]4(C)CCC(=O)NCC(C)OP(=O)(O)O[C@H]4[C@@H](O)[C@@H](n5cnc6cc(C)c(C)cc65)O[C@@H]4CO)[C@]4(C)N=C1[C@@H](CCC(N)=O)[C@]4(C)CC(N)=O)[C@@H](CCC(N)=O)C3(C)C)[C@@H](CCC(N)=O)[C@]2(C)CC(N)=O. The van der Waals surface area contributed by atoms with Gasteiger partial charge >= 0.3 is 7.82 Å². The fraction of sp³-hybridized carbons (Fsp3) is 0.629. The summed E-state index contributed by atoms with van der Waals surface area (Å²) in [5.74, 6) is -7.18. The summed E-state index contributed by atoms with van der Waals surface area (Å²) in [5, 5.41) is 28.2. The summed E-state index contributed by atoms with van der Waals surface area (Å²) in [5.41, 5.74) is 37.4. The van der Waals surface area contributed by atoms with Crippen LogP contribution >= 0.6 is 7.82 Å². The molecule has 6 aliphatic rings. The number of aliphatic imine (C=N–C) groups is 3. The van der Waals surface area contributed by atoms with E-state index < -0.39 is 143 Å². The maximum Gasteiger partial charge on any atom is 0.472 e. The average Bonchev–Trinajstić information content (AvgIpc) is 1.53. The first kappa shape index (κ1) is 68.9. The maximum absolute atomic E-state index is 14.4. The number of aliphatic hydroxyl groups excluding tert-OH is 2. The quantitative estimate of drug-likeness (QED) is 0.0603. The second kappa shape index (κ2) is 25.6. The first-order chi connectivity index (χ1) is 41.8. The lowest BCUT2D eigenvalue weighted by atomic mass is 9.55. The highest BCUT2D eigenvalue weighted by Gasteiger charge is 2.66. The summed E-state index contributed by atoms with van der Waals surface area (Å²) in [4.78, 5) is 126. The van der Waals surface area contributed by atoms with Crippen molar-refractivity contribution in [2.45, 2.75) is 189 Å². The van der Waals surface area contributed by atoms with E-state index in [1.807, 2.05) is 87.4 Å². The molecule has 8 bridgehead atoms.